The Morgan fingerprint density at radius 1 is 1.16 bits per heavy atom. The molecule has 0 radical (unpaired) electrons. The lowest BCUT2D eigenvalue weighted by atomic mass is 10.1. The first kappa shape index (κ1) is 31.9. The summed E-state index contributed by atoms with van der Waals surface area (Å²) in [6.45, 7) is 5.74. The maximum atomic E-state index is 13.4. The van der Waals surface area contributed by atoms with Gasteiger partial charge in [0.25, 0.3) is 11.6 Å². The SMILES string of the molecule is CCOC(=O)c1c(NC(=O)C(C)Sc2nnc(CNC(=O)c3ccc(C)c([N+](=O)[O-])c3)n2Cc2ccccc2)sc2c1CCC2. The zero-order valence-electron chi connectivity index (χ0n) is 25.0. The van der Waals surface area contributed by atoms with Gasteiger partial charge in [-0.3, -0.25) is 19.7 Å². The maximum Gasteiger partial charge on any atom is 0.341 e. The fourth-order valence-electron chi connectivity index (χ4n) is 5.01. The molecule has 4 aromatic rings. The summed E-state index contributed by atoms with van der Waals surface area (Å²) >= 11 is 2.63. The number of anilines is 1. The number of hydrogen-bond donors (Lipinski definition) is 2. The number of nitrogens with one attached hydrogen (secondary N) is 2. The van der Waals surface area contributed by atoms with Crippen molar-refractivity contribution in [3.05, 3.63) is 97.2 Å². The number of esters is 1. The summed E-state index contributed by atoms with van der Waals surface area (Å²) in [5, 5.41) is 26.1. The van der Waals surface area contributed by atoms with Gasteiger partial charge in [0.15, 0.2) is 11.0 Å². The van der Waals surface area contributed by atoms with Crippen molar-refractivity contribution < 1.29 is 24.0 Å². The molecule has 234 valence electrons. The zero-order chi connectivity index (χ0) is 32.1. The minimum atomic E-state index is -0.605. The molecule has 0 aliphatic heterocycles. The fraction of sp³-hybridized carbons (Fsp3) is 0.323. The summed E-state index contributed by atoms with van der Waals surface area (Å²) in [6, 6.07) is 13.9. The first-order valence-corrected chi connectivity index (χ1v) is 16.1. The van der Waals surface area contributed by atoms with Crippen LogP contribution in [0.5, 0.6) is 0 Å². The Morgan fingerprint density at radius 3 is 2.67 bits per heavy atom. The van der Waals surface area contributed by atoms with E-state index in [-0.39, 0.29) is 30.3 Å². The van der Waals surface area contributed by atoms with E-state index in [1.165, 1.54) is 41.3 Å². The second kappa shape index (κ2) is 14.0. The van der Waals surface area contributed by atoms with Crippen molar-refractivity contribution in [1.82, 2.24) is 20.1 Å². The molecule has 14 heteroatoms. The van der Waals surface area contributed by atoms with Crippen LogP contribution in [-0.4, -0.2) is 49.3 Å². The highest BCUT2D eigenvalue weighted by atomic mass is 32.2. The minimum absolute atomic E-state index is 0.00509. The Bertz CT molecular complexity index is 1750. The van der Waals surface area contributed by atoms with Crippen LogP contribution in [0.4, 0.5) is 10.7 Å². The van der Waals surface area contributed by atoms with Crippen molar-refractivity contribution in [2.45, 2.75) is 63.5 Å². The van der Waals surface area contributed by atoms with Crippen LogP contribution in [-0.2, 0) is 35.5 Å². The molecule has 1 unspecified atom stereocenters. The highest BCUT2D eigenvalue weighted by molar-refractivity contribution is 8.00. The highest BCUT2D eigenvalue weighted by Gasteiger charge is 2.30. The molecule has 1 aliphatic rings. The van der Waals surface area contributed by atoms with Crippen molar-refractivity contribution in [3.8, 4) is 0 Å². The van der Waals surface area contributed by atoms with Crippen molar-refractivity contribution in [3.63, 3.8) is 0 Å². The van der Waals surface area contributed by atoms with E-state index < -0.39 is 22.0 Å². The van der Waals surface area contributed by atoms with Gasteiger partial charge in [-0.2, -0.15) is 0 Å². The molecule has 2 heterocycles. The van der Waals surface area contributed by atoms with E-state index in [1.54, 1.807) is 20.8 Å². The van der Waals surface area contributed by atoms with E-state index >= 15 is 0 Å². The van der Waals surface area contributed by atoms with Crippen LogP contribution in [0.1, 0.15) is 68.4 Å². The number of ether oxygens (including phenoxy) is 1. The van der Waals surface area contributed by atoms with Crippen LogP contribution in [0.15, 0.2) is 53.7 Å². The van der Waals surface area contributed by atoms with Gasteiger partial charge in [-0.15, -0.1) is 21.5 Å². The van der Waals surface area contributed by atoms with E-state index in [1.807, 2.05) is 34.9 Å². The topological polar surface area (TPSA) is 158 Å². The van der Waals surface area contributed by atoms with Gasteiger partial charge in [-0.25, -0.2) is 4.79 Å². The van der Waals surface area contributed by atoms with Gasteiger partial charge in [0.2, 0.25) is 5.91 Å². The smallest absolute Gasteiger partial charge is 0.341 e. The fourth-order valence-corrected chi connectivity index (χ4v) is 7.15. The number of nitro benzene ring substituents is 1. The number of rotatable bonds is 12. The number of amides is 2. The predicted molar refractivity (Wildman–Crippen MR) is 171 cm³/mol. The van der Waals surface area contributed by atoms with Crippen LogP contribution in [0, 0.1) is 17.0 Å². The normalized spacial score (nSPS) is 12.8. The summed E-state index contributed by atoms with van der Waals surface area (Å²) in [5.74, 6) is -0.768. The number of thiophene rings is 1. The molecule has 0 fully saturated rings. The third-order valence-electron chi connectivity index (χ3n) is 7.34. The number of carbonyl (C=O) groups excluding carboxylic acids is 3. The van der Waals surface area contributed by atoms with E-state index in [0.717, 1.165) is 35.3 Å². The highest BCUT2D eigenvalue weighted by Crippen LogP contribution is 2.40. The summed E-state index contributed by atoms with van der Waals surface area (Å²) < 4.78 is 7.11. The molecule has 0 bridgehead atoms. The Morgan fingerprint density at radius 2 is 1.93 bits per heavy atom. The quantitative estimate of drug-likeness (QED) is 0.0898. The first-order chi connectivity index (χ1) is 21.7. The average Bonchev–Trinajstić information content (AvgIpc) is 3.71. The van der Waals surface area contributed by atoms with Gasteiger partial charge >= 0.3 is 5.97 Å². The van der Waals surface area contributed by atoms with Gasteiger partial charge in [0.1, 0.15) is 5.00 Å². The molecule has 2 N–H and O–H groups in total. The number of aryl methyl sites for hydroxylation is 2. The lowest BCUT2D eigenvalue weighted by molar-refractivity contribution is -0.385. The van der Waals surface area contributed by atoms with E-state index in [4.69, 9.17) is 4.74 Å². The molecule has 5 rings (SSSR count). The number of fused-ring (bicyclic) bond motifs is 1. The van der Waals surface area contributed by atoms with Crippen molar-refractivity contribution in [2.75, 3.05) is 11.9 Å². The monoisotopic (exact) mass is 648 g/mol. The predicted octanol–water partition coefficient (Wildman–Crippen LogP) is 5.32. The van der Waals surface area contributed by atoms with Crippen LogP contribution in [0.3, 0.4) is 0 Å². The van der Waals surface area contributed by atoms with Crippen LogP contribution in [0.2, 0.25) is 0 Å². The molecule has 2 aromatic carbocycles. The maximum absolute atomic E-state index is 13.4. The van der Waals surface area contributed by atoms with E-state index in [0.29, 0.717) is 33.7 Å². The Kier molecular flexibility index (Phi) is 9.93. The number of hydrogen-bond acceptors (Lipinski definition) is 10. The molecule has 45 heavy (non-hydrogen) atoms. The van der Waals surface area contributed by atoms with Gasteiger partial charge in [-0.1, -0.05) is 48.2 Å². The molecular weight excluding hydrogens is 617 g/mol. The molecule has 12 nitrogen and oxygen atoms in total. The van der Waals surface area contributed by atoms with Crippen molar-refractivity contribution >= 4 is 51.6 Å². The van der Waals surface area contributed by atoms with Crippen LogP contribution in [0.25, 0.3) is 0 Å². The summed E-state index contributed by atoms with van der Waals surface area (Å²) in [6.07, 6.45) is 2.62. The van der Waals surface area contributed by atoms with Crippen molar-refractivity contribution in [2.24, 2.45) is 0 Å². The Labute approximate surface area is 267 Å². The molecule has 0 saturated carbocycles. The first-order valence-electron chi connectivity index (χ1n) is 14.4. The average molecular weight is 649 g/mol. The van der Waals surface area contributed by atoms with E-state index in [2.05, 4.69) is 20.8 Å². The Hall–Kier alpha value is -4.56. The standard InChI is InChI=1S/C31H32N6O6S2/c1-4-43-30(40)26-22-11-8-12-24(22)45-29(26)33-27(38)19(3)44-31-35-34-25(36(31)17-20-9-6-5-7-10-20)16-32-28(39)21-14-13-18(2)23(15-21)37(41)42/h5-7,9-10,13-15,19H,4,8,11-12,16-17H2,1-3H3,(H,32,39)(H,33,38). The lowest BCUT2D eigenvalue weighted by Crippen LogP contribution is -2.26. The van der Waals surface area contributed by atoms with E-state index in [9.17, 15) is 24.5 Å². The summed E-state index contributed by atoms with van der Waals surface area (Å²) in [4.78, 5) is 51.0. The summed E-state index contributed by atoms with van der Waals surface area (Å²) in [7, 11) is 0. The third kappa shape index (κ3) is 7.23. The number of aromatic nitrogens is 3. The van der Waals surface area contributed by atoms with Crippen molar-refractivity contribution in [1.29, 1.82) is 0 Å². The molecule has 1 atom stereocenters. The number of nitrogens with zero attached hydrogens (tertiary/aromatic N) is 4. The molecule has 2 aromatic heterocycles. The molecule has 1 aliphatic carbocycles. The van der Waals surface area contributed by atoms with Gasteiger partial charge in [-0.05, 0) is 57.2 Å². The number of benzene rings is 2. The second-order valence-corrected chi connectivity index (χ2v) is 12.9. The number of carbonyl (C=O) groups is 3. The van der Waals surface area contributed by atoms with Gasteiger partial charge in [0, 0.05) is 22.1 Å². The summed E-state index contributed by atoms with van der Waals surface area (Å²) in [5.41, 5.74) is 2.85. The number of thioether (sulfide) groups is 1. The molecule has 0 saturated heterocycles. The largest absolute Gasteiger partial charge is 0.462 e. The molecule has 0 spiro atoms. The molecular formula is C31H32N6O6S2. The number of nitro groups is 1. The minimum Gasteiger partial charge on any atom is -0.462 e. The Balaban J connectivity index is 1.33. The van der Waals surface area contributed by atoms with Gasteiger partial charge < -0.3 is 19.9 Å². The van der Waals surface area contributed by atoms with Gasteiger partial charge in [0.05, 0.1) is 35.4 Å². The second-order valence-electron chi connectivity index (χ2n) is 10.4. The van der Waals surface area contributed by atoms with Crippen LogP contribution >= 0.6 is 23.1 Å². The van der Waals surface area contributed by atoms with Crippen LogP contribution < -0.4 is 10.6 Å². The molecule has 2 amide bonds. The third-order valence-corrected chi connectivity index (χ3v) is 9.63. The zero-order valence-corrected chi connectivity index (χ0v) is 26.6. The lowest BCUT2D eigenvalue weighted by Gasteiger charge is -2.15.